The van der Waals surface area contributed by atoms with Crippen molar-refractivity contribution in [1.29, 1.82) is 0 Å². The number of nitrogens with zero attached hydrogens (tertiary/aromatic N) is 5. The van der Waals surface area contributed by atoms with Gasteiger partial charge in [-0.3, -0.25) is 4.98 Å². The average Bonchev–Trinajstić information content (AvgIpc) is 2.74. The Bertz CT molecular complexity index is 867. The summed E-state index contributed by atoms with van der Waals surface area (Å²) in [5.41, 5.74) is 2.10. The van der Waals surface area contributed by atoms with E-state index in [-0.39, 0.29) is 5.82 Å². The number of aromatic nitrogens is 3. The Morgan fingerprint density at radius 2 is 1.67 bits per heavy atom. The normalized spacial score (nSPS) is 14.4. The standard InChI is InChI=1S/C20H20FN5S/c21-16-4-6-18(7-5-16)25-9-11-26(12-10-25)19-13-20(24-15-23-19)27-14-17-3-1-2-8-22-17/h1-8,13,15H,9-12,14H2. The molecule has 4 rings (SSSR count). The molecular formula is C20H20FN5S. The molecule has 3 aromatic rings. The van der Waals surface area contributed by atoms with Gasteiger partial charge < -0.3 is 9.80 Å². The molecule has 5 nitrogen and oxygen atoms in total. The van der Waals surface area contributed by atoms with Gasteiger partial charge in [-0.25, -0.2) is 14.4 Å². The lowest BCUT2D eigenvalue weighted by Crippen LogP contribution is -2.46. The Morgan fingerprint density at radius 1 is 0.889 bits per heavy atom. The third kappa shape index (κ3) is 4.54. The zero-order chi connectivity index (χ0) is 18.5. The molecule has 3 heterocycles. The number of rotatable bonds is 5. The van der Waals surface area contributed by atoms with Gasteiger partial charge in [0.05, 0.1) is 5.69 Å². The number of piperazine rings is 1. The summed E-state index contributed by atoms with van der Waals surface area (Å²) >= 11 is 1.66. The van der Waals surface area contributed by atoms with Crippen molar-refractivity contribution < 1.29 is 4.39 Å². The second kappa shape index (κ2) is 8.35. The van der Waals surface area contributed by atoms with Gasteiger partial charge in [0.15, 0.2) is 0 Å². The molecule has 7 heteroatoms. The first-order valence-corrected chi connectivity index (χ1v) is 9.87. The molecule has 1 aliphatic heterocycles. The van der Waals surface area contributed by atoms with Crippen LogP contribution in [-0.2, 0) is 5.75 Å². The monoisotopic (exact) mass is 381 g/mol. The molecule has 1 fully saturated rings. The lowest BCUT2D eigenvalue weighted by molar-refractivity contribution is 0.624. The number of pyridine rings is 1. The predicted octanol–water partition coefficient (Wildman–Crippen LogP) is 3.63. The number of halogens is 1. The second-order valence-electron chi connectivity index (χ2n) is 6.27. The molecule has 138 valence electrons. The molecule has 0 spiro atoms. The van der Waals surface area contributed by atoms with Crippen molar-refractivity contribution in [2.75, 3.05) is 36.0 Å². The Labute approximate surface area is 162 Å². The Balaban J connectivity index is 1.36. The first kappa shape index (κ1) is 17.7. The van der Waals surface area contributed by atoms with Gasteiger partial charge in [-0.2, -0.15) is 0 Å². The van der Waals surface area contributed by atoms with Crippen molar-refractivity contribution >= 4 is 23.3 Å². The molecule has 27 heavy (non-hydrogen) atoms. The van der Waals surface area contributed by atoms with Crippen LogP contribution >= 0.6 is 11.8 Å². The van der Waals surface area contributed by atoms with Crippen LogP contribution in [0.3, 0.4) is 0 Å². The van der Waals surface area contributed by atoms with Crippen LogP contribution in [0.5, 0.6) is 0 Å². The van der Waals surface area contributed by atoms with Crippen LogP contribution in [0.25, 0.3) is 0 Å². The van der Waals surface area contributed by atoms with E-state index in [1.165, 1.54) is 12.1 Å². The number of hydrogen-bond acceptors (Lipinski definition) is 6. The molecule has 0 unspecified atom stereocenters. The Hall–Kier alpha value is -2.67. The zero-order valence-corrected chi connectivity index (χ0v) is 15.6. The van der Waals surface area contributed by atoms with Crippen LogP contribution in [0, 0.1) is 5.82 Å². The van der Waals surface area contributed by atoms with Crippen molar-refractivity contribution in [2.24, 2.45) is 0 Å². The molecule has 0 aliphatic carbocycles. The lowest BCUT2D eigenvalue weighted by Gasteiger charge is -2.36. The van der Waals surface area contributed by atoms with E-state index in [1.807, 2.05) is 42.6 Å². The van der Waals surface area contributed by atoms with Gasteiger partial charge in [-0.05, 0) is 36.4 Å². The summed E-state index contributed by atoms with van der Waals surface area (Å²) in [6.07, 6.45) is 3.43. The maximum atomic E-state index is 13.1. The molecule has 0 N–H and O–H groups in total. The van der Waals surface area contributed by atoms with Gasteiger partial charge in [-0.15, -0.1) is 0 Å². The van der Waals surface area contributed by atoms with Gasteiger partial charge in [0.2, 0.25) is 0 Å². The van der Waals surface area contributed by atoms with E-state index in [9.17, 15) is 4.39 Å². The van der Waals surface area contributed by atoms with Crippen LogP contribution in [0.1, 0.15) is 5.69 Å². The van der Waals surface area contributed by atoms with E-state index >= 15 is 0 Å². The predicted molar refractivity (Wildman–Crippen MR) is 107 cm³/mol. The molecule has 0 bridgehead atoms. The highest BCUT2D eigenvalue weighted by Crippen LogP contribution is 2.24. The van der Waals surface area contributed by atoms with Gasteiger partial charge >= 0.3 is 0 Å². The van der Waals surface area contributed by atoms with Crippen molar-refractivity contribution in [3.63, 3.8) is 0 Å². The molecule has 0 saturated carbocycles. The quantitative estimate of drug-likeness (QED) is 0.497. The summed E-state index contributed by atoms with van der Waals surface area (Å²) in [4.78, 5) is 17.7. The third-order valence-corrected chi connectivity index (χ3v) is 5.48. The van der Waals surface area contributed by atoms with Crippen LogP contribution in [0.4, 0.5) is 15.9 Å². The van der Waals surface area contributed by atoms with E-state index in [0.29, 0.717) is 0 Å². The first-order chi connectivity index (χ1) is 13.3. The third-order valence-electron chi connectivity index (χ3n) is 4.52. The smallest absolute Gasteiger partial charge is 0.133 e. The fraction of sp³-hybridized carbons (Fsp3) is 0.250. The summed E-state index contributed by atoms with van der Waals surface area (Å²) in [5.74, 6) is 1.54. The van der Waals surface area contributed by atoms with Gasteiger partial charge in [-0.1, -0.05) is 17.8 Å². The minimum atomic E-state index is -0.200. The summed E-state index contributed by atoms with van der Waals surface area (Å²) in [6, 6.07) is 14.7. The van der Waals surface area contributed by atoms with Gasteiger partial charge in [0, 0.05) is 49.9 Å². The maximum Gasteiger partial charge on any atom is 0.133 e. The lowest BCUT2D eigenvalue weighted by atomic mass is 10.2. The largest absolute Gasteiger partial charge is 0.368 e. The molecule has 0 amide bonds. The molecule has 0 radical (unpaired) electrons. The zero-order valence-electron chi connectivity index (χ0n) is 14.8. The Morgan fingerprint density at radius 3 is 2.41 bits per heavy atom. The van der Waals surface area contributed by atoms with Gasteiger partial charge in [0.1, 0.15) is 23.0 Å². The molecule has 1 aromatic carbocycles. The minimum absolute atomic E-state index is 0.200. The minimum Gasteiger partial charge on any atom is -0.368 e. The molecule has 2 aromatic heterocycles. The van der Waals surface area contributed by atoms with Gasteiger partial charge in [0.25, 0.3) is 0 Å². The highest BCUT2D eigenvalue weighted by molar-refractivity contribution is 7.98. The summed E-state index contributed by atoms with van der Waals surface area (Å²) in [6.45, 7) is 3.51. The molecule has 1 saturated heterocycles. The fourth-order valence-corrected chi connectivity index (χ4v) is 3.84. The molecule has 1 aliphatic rings. The second-order valence-corrected chi connectivity index (χ2v) is 7.27. The SMILES string of the molecule is Fc1ccc(N2CCN(c3cc(SCc4ccccn4)ncn3)CC2)cc1. The summed E-state index contributed by atoms with van der Waals surface area (Å²) in [7, 11) is 0. The van der Waals surface area contributed by atoms with Crippen LogP contribution < -0.4 is 9.80 Å². The molecule has 0 atom stereocenters. The highest BCUT2D eigenvalue weighted by Gasteiger charge is 2.19. The summed E-state index contributed by atoms with van der Waals surface area (Å²) in [5, 5.41) is 0.951. The van der Waals surface area contributed by atoms with E-state index in [2.05, 4.69) is 24.8 Å². The number of hydrogen-bond donors (Lipinski definition) is 0. The van der Waals surface area contributed by atoms with E-state index in [0.717, 1.165) is 54.2 Å². The average molecular weight is 381 g/mol. The number of thioether (sulfide) groups is 1. The van der Waals surface area contributed by atoms with Crippen LogP contribution in [0.15, 0.2) is 66.1 Å². The topological polar surface area (TPSA) is 45.2 Å². The summed E-state index contributed by atoms with van der Waals surface area (Å²) < 4.78 is 13.1. The maximum absolute atomic E-state index is 13.1. The molecular weight excluding hydrogens is 361 g/mol. The number of benzene rings is 1. The van der Waals surface area contributed by atoms with Crippen molar-refractivity contribution in [3.05, 3.63) is 72.6 Å². The number of anilines is 2. The first-order valence-electron chi connectivity index (χ1n) is 8.88. The highest BCUT2D eigenvalue weighted by atomic mass is 32.2. The van der Waals surface area contributed by atoms with Crippen molar-refractivity contribution in [1.82, 2.24) is 15.0 Å². The van der Waals surface area contributed by atoms with E-state index < -0.39 is 0 Å². The fourth-order valence-electron chi connectivity index (χ4n) is 3.06. The Kier molecular flexibility index (Phi) is 5.48. The van der Waals surface area contributed by atoms with E-state index in [1.54, 1.807) is 18.1 Å². The van der Waals surface area contributed by atoms with Crippen LogP contribution in [-0.4, -0.2) is 41.1 Å². The van der Waals surface area contributed by atoms with Crippen molar-refractivity contribution in [3.8, 4) is 0 Å². The van der Waals surface area contributed by atoms with E-state index in [4.69, 9.17) is 0 Å². The van der Waals surface area contributed by atoms with Crippen LogP contribution in [0.2, 0.25) is 0 Å². The van der Waals surface area contributed by atoms with Crippen molar-refractivity contribution in [2.45, 2.75) is 10.8 Å².